The average Bonchev–Trinajstić information content (AvgIpc) is 3.31. The van der Waals surface area contributed by atoms with Crippen molar-refractivity contribution in [2.75, 3.05) is 13.2 Å². The molecule has 1 fully saturated rings. The summed E-state index contributed by atoms with van der Waals surface area (Å²) in [6, 6.07) is 0. The molecule has 1 saturated carbocycles. The van der Waals surface area contributed by atoms with Crippen molar-refractivity contribution in [2.45, 2.75) is 301 Å². The summed E-state index contributed by atoms with van der Waals surface area (Å²) in [5.41, 5.74) is 0. The Kier molecular flexibility index (Phi) is 41.2. The van der Waals surface area contributed by atoms with Crippen LogP contribution in [0.3, 0.4) is 0 Å². The van der Waals surface area contributed by atoms with E-state index in [0.29, 0.717) is 12.8 Å². The molecular formula is C53H101O13P. The second kappa shape index (κ2) is 43.4. The highest BCUT2D eigenvalue weighted by molar-refractivity contribution is 7.47. The lowest BCUT2D eigenvalue weighted by molar-refractivity contribution is -0.220. The van der Waals surface area contributed by atoms with Crippen LogP contribution >= 0.6 is 7.82 Å². The highest BCUT2D eigenvalue weighted by Crippen LogP contribution is 2.47. The molecule has 14 heteroatoms. The molecule has 396 valence electrons. The molecule has 0 saturated heterocycles. The summed E-state index contributed by atoms with van der Waals surface area (Å²) in [7, 11) is -5.12. The van der Waals surface area contributed by atoms with Crippen molar-refractivity contribution in [1.29, 1.82) is 0 Å². The maximum atomic E-state index is 12.9. The van der Waals surface area contributed by atoms with Gasteiger partial charge in [0.25, 0.3) is 0 Å². The van der Waals surface area contributed by atoms with Crippen LogP contribution < -0.4 is 0 Å². The van der Waals surface area contributed by atoms with Crippen molar-refractivity contribution in [3.63, 3.8) is 0 Å². The molecule has 6 unspecified atom stereocenters. The minimum atomic E-state index is -5.12. The number of phosphoric ester groups is 1. The van der Waals surface area contributed by atoms with E-state index in [0.717, 1.165) is 44.9 Å². The Morgan fingerprint density at radius 3 is 1.15 bits per heavy atom. The normalized spacial score (nSPS) is 21.1. The zero-order chi connectivity index (χ0) is 49.2. The van der Waals surface area contributed by atoms with Crippen molar-refractivity contribution in [3.05, 3.63) is 12.2 Å². The van der Waals surface area contributed by atoms with E-state index in [1.807, 2.05) is 0 Å². The Labute approximate surface area is 407 Å². The second-order valence-electron chi connectivity index (χ2n) is 19.4. The molecule has 0 amide bonds. The van der Waals surface area contributed by atoms with Crippen LogP contribution in [-0.2, 0) is 32.7 Å². The van der Waals surface area contributed by atoms with E-state index in [2.05, 4.69) is 26.0 Å². The molecule has 8 atom stereocenters. The first kappa shape index (κ1) is 63.6. The summed E-state index contributed by atoms with van der Waals surface area (Å²) in [6.07, 6.45) is 35.5. The zero-order valence-electron chi connectivity index (χ0n) is 42.5. The number of aliphatic hydroxyl groups is 5. The summed E-state index contributed by atoms with van der Waals surface area (Å²) in [5, 5.41) is 50.3. The summed E-state index contributed by atoms with van der Waals surface area (Å²) in [5.74, 6) is -1.10. The van der Waals surface area contributed by atoms with E-state index in [1.54, 1.807) is 0 Å². The van der Waals surface area contributed by atoms with E-state index >= 15 is 0 Å². The SMILES string of the molecule is CCCCCCCCCC/C=C/CCCCCC(=O)OC[C@H](COP(=O)(O)OC1C(O)C(O)C(O)[C@@H](O)C1O)OC(=O)CCCCCCCCCCCCCCCCCCCCCCCCC. The molecule has 0 aliphatic heterocycles. The number of rotatable bonds is 47. The summed E-state index contributed by atoms with van der Waals surface area (Å²) < 4.78 is 33.7. The predicted octanol–water partition coefficient (Wildman–Crippen LogP) is 12.2. The van der Waals surface area contributed by atoms with Crippen LogP contribution in [0.1, 0.15) is 258 Å². The maximum absolute atomic E-state index is 12.9. The Hall–Kier alpha value is -1.41. The molecule has 1 aliphatic rings. The fourth-order valence-electron chi connectivity index (χ4n) is 8.70. The predicted molar refractivity (Wildman–Crippen MR) is 267 cm³/mol. The first-order valence-electron chi connectivity index (χ1n) is 27.5. The molecule has 67 heavy (non-hydrogen) atoms. The van der Waals surface area contributed by atoms with Gasteiger partial charge in [-0.05, 0) is 38.5 Å². The zero-order valence-corrected chi connectivity index (χ0v) is 43.4. The largest absolute Gasteiger partial charge is 0.472 e. The van der Waals surface area contributed by atoms with Crippen LogP contribution in [0.2, 0.25) is 0 Å². The van der Waals surface area contributed by atoms with Crippen LogP contribution in [0.15, 0.2) is 12.2 Å². The fraction of sp³-hybridized carbons (Fsp3) is 0.925. The van der Waals surface area contributed by atoms with Crippen LogP contribution in [0.25, 0.3) is 0 Å². The van der Waals surface area contributed by atoms with Gasteiger partial charge in [-0.25, -0.2) is 4.57 Å². The van der Waals surface area contributed by atoms with Gasteiger partial charge in [0, 0.05) is 12.8 Å². The lowest BCUT2D eigenvalue weighted by Crippen LogP contribution is -2.64. The first-order valence-corrected chi connectivity index (χ1v) is 29.0. The molecular weight excluding hydrogens is 876 g/mol. The van der Waals surface area contributed by atoms with Gasteiger partial charge in [-0.3, -0.25) is 18.6 Å². The number of hydrogen-bond acceptors (Lipinski definition) is 12. The highest BCUT2D eigenvalue weighted by atomic mass is 31.2. The molecule has 0 aromatic carbocycles. The molecule has 0 radical (unpaired) electrons. The third-order valence-electron chi connectivity index (χ3n) is 13.1. The van der Waals surface area contributed by atoms with Gasteiger partial charge in [-0.2, -0.15) is 0 Å². The Bertz CT molecular complexity index is 1220. The van der Waals surface area contributed by atoms with Crippen LogP contribution in [-0.4, -0.2) is 98.3 Å². The van der Waals surface area contributed by atoms with Gasteiger partial charge < -0.3 is 39.9 Å². The first-order chi connectivity index (χ1) is 32.4. The Morgan fingerprint density at radius 1 is 0.448 bits per heavy atom. The van der Waals surface area contributed by atoms with Crippen molar-refractivity contribution < 1.29 is 63.1 Å². The van der Waals surface area contributed by atoms with Crippen LogP contribution in [0, 0.1) is 0 Å². The van der Waals surface area contributed by atoms with Gasteiger partial charge >= 0.3 is 19.8 Å². The topological polar surface area (TPSA) is 210 Å². The summed E-state index contributed by atoms with van der Waals surface area (Å²) >= 11 is 0. The Balaban J connectivity index is 2.34. The average molecular weight is 977 g/mol. The molecule has 6 N–H and O–H groups in total. The molecule has 0 aromatic heterocycles. The number of carbonyl (C=O) groups excluding carboxylic acids is 2. The Morgan fingerprint density at radius 2 is 0.761 bits per heavy atom. The number of phosphoric acid groups is 1. The summed E-state index contributed by atoms with van der Waals surface area (Å²) in [6.45, 7) is 3.34. The van der Waals surface area contributed by atoms with Gasteiger partial charge in [-0.15, -0.1) is 0 Å². The standard InChI is InChI=1S/C53H101O13P/c1-3-5-7-9-11-13-15-17-19-20-21-22-23-24-25-26-28-30-32-34-36-38-40-42-47(55)65-45(44-64-67(61,62)66-53-51(59)49(57)48(56)50(58)52(53)60)43-63-46(54)41-39-37-35-33-31-29-27-18-16-14-12-10-8-6-4-2/h29,31,45,48-53,56-60H,3-28,30,32-44H2,1-2H3,(H,61,62)/b31-29+/t45-,48?,49-,50?,51?,52?,53?/m1/s1. The fourth-order valence-corrected chi connectivity index (χ4v) is 9.67. The monoisotopic (exact) mass is 977 g/mol. The lowest BCUT2D eigenvalue weighted by Gasteiger charge is -2.41. The van der Waals surface area contributed by atoms with Crippen LogP contribution in [0.5, 0.6) is 0 Å². The van der Waals surface area contributed by atoms with Gasteiger partial charge in [0.15, 0.2) is 6.10 Å². The molecule has 1 aliphatic carbocycles. The molecule has 13 nitrogen and oxygen atoms in total. The third kappa shape index (κ3) is 35.4. The van der Waals surface area contributed by atoms with E-state index in [9.17, 15) is 44.6 Å². The lowest BCUT2D eigenvalue weighted by atomic mass is 9.85. The maximum Gasteiger partial charge on any atom is 0.472 e. The van der Waals surface area contributed by atoms with Crippen molar-refractivity contribution in [3.8, 4) is 0 Å². The highest BCUT2D eigenvalue weighted by Gasteiger charge is 2.51. The number of aliphatic hydroxyl groups excluding tert-OH is 5. The number of unbranched alkanes of at least 4 members (excludes halogenated alkanes) is 33. The van der Waals surface area contributed by atoms with Gasteiger partial charge in [0.05, 0.1) is 6.61 Å². The van der Waals surface area contributed by atoms with E-state index in [-0.39, 0.29) is 12.8 Å². The van der Waals surface area contributed by atoms with Crippen molar-refractivity contribution in [1.82, 2.24) is 0 Å². The molecule has 0 spiro atoms. The minimum absolute atomic E-state index is 0.100. The van der Waals surface area contributed by atoms with E-state index < -0.39 is 75.7 Å². The second-order valence-corrected chi connectivity index (χ2v) is 20.9. The van der Waals surface area contributed by atoms with E-state index in [4.69, 9.17) is 18.5 Å². The quantitative estimate of drug-likeness (QED) is 0.0145. The van der Waals surface area contributed by atoms with Gasteiger partial charge in [0.1, 0.15) is 43.2 Å². The summed E-state index contributed by atoms with van der Waals surface area (Å²) in [4.78, 5) is 35.9. The number of ether oxygens (including phenoxy) is 2. The molecule has 0 bridgehead atoms. The third-order valence-corrected chi connectivity index (χ3v) is 14.1. The number of hydrogen-bond donors (Lipinski definition) is 6. The molecule has 0 heterocycles. The molecule has 0 aromatic rings. The van der Waals surface area contributed by atoms with Crippen molar-refractivity contribution in [2.24, 2.45) is 0 Å². The molecule has 1 rings (SSSR count). The van der Waals surface area contributed by atoms with E-state index in [1.165, 1.54) is 173 Å². The van der Waals surface area contributed by atoms with Crippen LogP contribution in [0.4, 0.5) is 0 Å². The number of carbonyl (C=O) groups is 2. The van der Waals surface area contributed by atoms with Gasteiger partial charge in [-0.1, -0.05) is 219 Å². The minimum Gasteiger partial charge on any atom is -0.462 e. The van der Waals surface area contributed by atoms with Crippen molar-refractivity contribution >= 4 is 19.8 Å². The number of esters is 2. The van der Waals surface area contributed by atoms with Gasteiger partial charge in [0.2, 0.25) is 0 Å². The number of allylic oxidation sites excluding steroid dienone is 2. The smallest absolute Gasteiger partial charge is 0.462 e.